The molecule has 0 saturated heterocycles. The van der Waals surface area contributed by atoms with E-state index in [1.807, 2.05) is 6.92 Å². The predicted octanol–water partition coefficient (Wildman–Crippen LogP) is 3.87. The van der Waals surface area contributed by atoms with Gasteiger partial charge in [-0.15, -0.1) is 23.7 Å². The van der Waals surface area contributed by atoms with E-state index in [9.17, 15) is 0 Å². The van der Waals surface area contributed by atoms with Crippen molar-refractivity contribution in [1.29, 1.82) is 0 Å². The van der Waals surface area contributed by atoms with Gasteiger partial charge in [0.1, 0.15) is 5.01 Å². The van der Waals surface area contributed by atoms with Crippen LogP contribution < -0.4 is 5.73 Å². The molecule has 0 saturated carbocycles. The van der Waals surface area contributed by atoms with Crippen LogP contribution in [0.15, 0.2) is 23.6 Å². The van der Waals surface area contributed by atoms with Gasteiger partial charge in [-0.05, 0) is 32.4 Å². The maximum Gasteiger partial charge on any atom is 0.110 e. The van der Waals surface area contributed by atoms with E-state index in [0.29, 0.717) is 0 Å². The molecule has 0 amide bonds. The van der Waals surface area contributed by atoms with Gasteiger partial charge in [0.25, 0.3) is 0 Å². The highest BCUT2D eigenvalue weighted by Crippen LogP contribution is 2.27. The molecule has 1 atom stereocenters. The largest absolute Gasteiger partial charge is 0.322 e. The molecule has 1 aromatic carbocycles. The molecule has 92 valence electrons. The van der Waals surface area contributed by atoms with Crippen LogP contribution in [-0.4, -0.2) is 4.98 Å². The lowest BCUT2D eigenvalue weighted by Gasteiger charge is -2.04. The summed E-state index contributed by atoms with van der Waals surface area (Å²) in [6, 6.07) is 6.45. The molecule has 2 rings (SSSR count). The Kier molecular flexibility index (Phi) is 4.69. The van der Waals surface area contributed by atoms with Gasteiger partial charge in [0.2, 0.25) is 0 Å². The normalized spacial score (nSPS) is 12.0. The Labute approximate surface area is 112 Å². The summed E-state index contributed by atoms with van der Waals surface area (Å²) in [4.78, 5) is 4.58. The Morgan fingerprint density at radius 2 is 2.00 bits per heavy atom. The SMILES string of the molecule is Cc1ccc(C)c(-c2csc(C(C)N)n2)c1.Cl. The first kappa shape index (κ1) is 14.2. The third-order valence-electron chi connectivity index (χ3n) is 2.58. The van der Waals surface area contributed by atoms with Crippen molar-refractivity contribution < 1.29 is 0 Å². The summed E-state index contributed by atoms with van der Waals surface area (Å²) in [5, 5.41) is 3.08. The second kappa shape index (κ2) is 5.63. The molecule has 2 aromatic rings. The molecular formula is C13H17ClN2S. The fourth-order valence-electron chi connectivity index (χ4n) is 1.63. The number of aryl methyl sites for hydroxylation is 2. The summed E-state index contributed by atoms with van der Waals surface area (Å²) in [6.07, 6.45) is 0. The number of nitrogens with zero attached hydrogens (tertiary/aromatic N) is 1. The quantitative estimate of drug-likeness (QED) is 0.898. The highest BCUT2D eigenvalue weighted by atomic mass is 35.5. The zero-order chi connectivity index (χ0) is 11.7. The van der Waals surface area contributed by atoms with Gasteiger partial charge in [0.05, 0.1) is 11.7 Å². The van der Waals surface area contributed by atoms with Crippen molar-refractivity contribution in [3.8, 4) is 11.3 Å². The third kappa shape index (κ3) is 3.06. The number of benzene rings is 1. The fraction of sp³-hybridized carbons (Fsp3) is 0.308. The Hall–Kier alpha value is -0.900. The smallest absolute Gasteiger partial charge is 0.110 e. The van der Waals surface area contributed by atoms with Crippen LogP contribution in [0.1, 0.15) is 29.1 Å². The number of hydrogen-bond donors (Lipinski definition) is 1. The van der Waals surface area contributed by atoms with Gasteiger partial charge in [-0.25, -0.2) is 4.98 Å². The second-order valence-corrected chi connectivity index (χ2v) is 5.07. The summed E-state index contributed by atoms with van der Waals surface area (Å²) >= 11 is 1.63. The van der Waals surface area contributed by atoms with Crippen LogP contribution >= 0.6 is 23.7 Å². The molecule has 0 radical (unpaired) electrons. The van der Waals surface area contributed by atoms with Crippen LogP contribution in [0.4, 0.5) is 0 Å². The lowest BCUT2D eigenvalue weighted by Crippen LogP contribution is -2.03. The van der Waals surface area contributed by atoms with E-state index >= 15 is 0 Å². The van der Waals surface area contributed by atoms with Crippen molar-refractivity contribution in [2.24, 2.45) is 5.73 Å². The maximum atomic E-state index is 5.82. The lowest BCUT2D eigenvalue weighted by molar-refractivity contribution is 0.808. The van der Waals surface area contributed by atoms with Crippen molar-refractivity contribution in [1.82, 2.24) is 4.98 Å². The minimum Gasteiger partial charge on any atom is -0.322 e. The molecule has 4 heteroatoms. The molecule has 0 bridgehead atoms. The monoisotopic (exact) mass is 268 g/mol. The molecule has 0 spiro atoms. The van der Waals surface area contributed by atoms with Crippen LogP contribution in [0.25, 0.3) is 11.3 Å². The van der Waals surface area contributed by atoms with Crippen molar-refractivity contribution in [2.45, 2.75) is 26.8 Å². The van der Waals surface area contributed by atoms with Gasteiger partial charge in [-0.2, -0.15) is 0 Å². The minimum absolute atomic E-state index is 0. The average molecular weight is 269 g/mol. The number of nitrogens with two attached hydrogens (primary N) is 1. The van der Waals surface area contributed by atoms with Crippen molar-refractivity contribution in [2.75, 3.05) is 0 Å². The topological polar surface area (TPSA) is 38.9 Å². The molecule has 1 unspecified atom stereocenters. The van der Waals surface area contributed by atoms with E-state index in [1.165, 1.54) is 16.7 Å². The molecule has 0 aliphatic heterocycles. The number of halogens is 1. The lowest BCUT2D eigenvalue weighted by atomic mass is 10.0. The van der Waals surface area contributed by atoms with Crippen LogP contribution in [0.5, 0.6) is 0 Å². The van der Waals surface area contributed by atoms with E-state index in [0.717, 1.165) is 10.7 Å². The summed E-state index contributed by atoms with van der Waals surface area (Å²) in [5.74, 6) is 0. The number of aromatic nitrogens is 1. The van der Waals surface area contributed by atoms with E-state index < -0.39 is 0 Å². The Balaban J connectivity index is 0.00000144. The molecule has 1 heterocycles. The van der Waals surface area contributed by atoms with E-state index in [-0.39, 0.29) is 18.4 Å². The standard InChI is InChI=1S/C13H16N2S.ClH/c1-8-4-5-9(2)11(6-8)12-7-16-13(15-12)10(3)14;/h4-7,10H,14H2,1-3H3;1H. The van der Waals surface area contributed by atoms with E-state index in [1.54, 1.807) is 11.3 Å². The van der Waals surface area contributed by atoms with Gasteiger partial charge in [-0.3, -0.25) is 0 Å². The first-order chi connectivity index (χ1) is 7.58. The highest BCUT2D eigenvalue weighted by molar-refractivity contribution is 7.10. The molecule has 0 fully saturated rings. The van der Waals surface area contributed by atoms with Gasteiger partial charge in [0, 0.05) is 10.9 Å². The Morgan fingerprint density at radius 3 is 2.59 bits per heavy atom. The zero-order valence-corrected chi connectivity index (χ0v) is 11.9. The van der Waals surface area contributed by atoms with Crippen LogP contribution in [0.2, 0.25) is 0 Å². The molecule has 1 aromatic heterocycles. The van der Waals surface area contributed by atoms with Gasteiger partial charge in [-0.1, -0.05) is 17.7 Å². The average Bonchev–Trinajstić information content (AvgIpc) is 2.70. The first-order valence-electron chi connectivity index (χ1n) is 5.36. The van der Waals surface area contributed by atoms with Crippen LogP contribution in [0, 0.1) is 13.8 Å². The Morgan fingerprint density at radius 1 is 1.29 bits per heavy atom. The maximum absolute atomic E-state index is 5.82. The minimum atomic E-state index is 0. The molecule has 0 aliphatic carbocycles. The molecule has 2 N–H and O–H groups in total. The number of hydrogen-bond acceptors (Lipinski definition) is 3. The molecule has 17 heavy (non-hydrogen) atoms. The van der Waals surface area contributed by atoms with Gasteiger partial charge in [0.15, 0.2) is 0 Å². The van der Waals surface area contributed by atoms with Gasteiger partial charge < -0.3 is 5.73 Å². The third-order valence-corrected chi connectivity index (χ3v) is 3.63. The van der Waals surface area contributed by atoms with Crippen molar-refractivity contribution >= 4 is 23.7 Å². The summed E-state index contributed by atoms with van der Waals surface area (Å²) in [7, 11) is 0. The highest BCUT2D eigenvalue weighted by Gasteiger charge is 2.09. The Bertz CT molecular complexity index is 506. The number of rotatable bonds is 2. The zero-order valence-electron chi connectivity index (χ0n) is 10.2. The van der Waals surface area contributed by atoms with Crippen molar-refractivity contribution in [3.05, 3.63) is 39.7 Å². The summed E-state index contributed by atoms with van der Waals surface area (Å²) < 4.78 is 0. The second-order valence-electron chi connectivity index (χ2n) is 4.18. The molecule has 0 aliphatic rings. The van der Waals surface area contributed by atoms with Gasteiger partial charge >= 0.3 is 0 Å². The predicted molar refractivity (Wildman–Crippen MR) is 76.9 cm³/mol. The van der Waals surface area contributed by atoms with Crippen LogP contribution in [-0.2, 0) is 0 Å². The van der Waals surface area contributed by atoms with E-state index in [2.05, 4.69) is 42.4 Å². The first-order valence-corrected chi connectivity index (χ1v) is 6.24. The summed E-state index contributed by atoms with van der Waals surface area (Å²) in [6.45, 7) is 6.17. The van der Waals surface area contributed by atoms with Crippen molar-refractivity contribution in [3.63, 3.8) is 0 Å². The molecular weight excluding hydrogens is 252 g/mol. The fourth-order valence-corrected chi connectivity index (χ4v) is 2.41. The number of thiazole rings is 1. The summed E-state index contributed by atoms with van der Waals surface area (Å²) in [5.41, 5.74) is 10.6. The van der Waals surface area contributed by atoms with Crippen LogP contribution in [0.3, 0.4) is 0 Å². The molecule has 2 nitrogen and oxygen atoms in total. The van der Waals surface area contributed by atoms with E-state index in [4.69, 9.17) is 5.73 Å².